The van der Waals surface area contributed by atoms with Crippen LogP contribution in [0.1, 0.15) is 38.5 Å². The summed E-state index contributed by atoms with van der Waals surface area (Å²) in [6.45, 7) is 2.14. The van der Waals surface area contributed by atoms with Crippen molar-refractivity contribution in [2.45, 2.75) is 44.1 Å². The van der Waals surface area contributed by atoms with E-state index in [1.807, 2.05) is 30.3 Å². The van der Waals surface area contributed by atoms with Crippen LogP contribution in [0.2, 0.25) is 0 Å². The fourth-order valence-corrected chi connectivity index (χ4v) is 2.79. The molecule has 2 N–H and O–H groups in total. The second-order valence-electron chi connectivity index (χ2n) is 5.56. The van der Waals surface area contributed by atoms with Gasteiger partial charge in [0.15, 0.2) is 0 Å². The molecule has 1 fully saturated rings. The highest BCUT2D eigenvalue weighted by Crippen LogP contribution is 2.37. The smallest absolute Gasteiger partial charge is 0.234 e. The summed E-state index contributed by atoms with van der Waals surface area (Å²) in [6.07, 6.45) is 4.41. The van der Waals surface area contributed by atoms with Gasteiger partial charge < -0.3 is 10.3 Å². The Morgan fingerprint density at radius 3 is 2.79 bits per heavy atom. The summed E-state index contributed by atoms with van der Waals surface area (Å²) in [5.41, 5.74) is 7.06. The van der Waals surface area contributed by atoms with Gasteiger partial charge in [0, 0.05) is 11.6 Å². The first kappa shape index (κ1) is 12.4. The molecule has 2 atom stereocenters. The number of hydrogen-bond acceptors (Lipinski definition) is 4. The molecule has 0 radical (unpaired) electrons. The van der Waals surface area contributed by atoms with Crippen LogP contribution in [0, 0.1) is 0 Å². The molecule has 0 bridgehead atoms. The van der Waals surface area contributed by atoms with Gasteiger partial charge in [0.2, 0.25) is 11.7 Å². The zero-order chi connectivity index (χ0) is 13.3. The van der Waals surface area contributed by atoms with E-state index < -0.39 is 0 Å². The van der Waals surface area contributed by atoms with Gasteiger partial charge in [-0.3, -0.25) is 0 Å². The Balaban J connectivity index is 1.93. The van der Waals surface area contributed by atoms with E-state index >= 15 is 0 Å². The van der Waals surface area contributed by atoms with E-state index in [1.165, 1.54) is 12.8 Å². The topological polar surface area (TPSA) is 64.9 Å². The van der Waals surface area contributed by atoms with Crippen LogP contribution in [-0.4, -0.2) is 16.2 Å². The van der Waals surface area contributed by atoms with Crippen LogP contribution in [0.15, 0.2) is 34.9 Å². The molecule has 1 aromatic carbocycles. The standard InChI is InChI=1S/C15H19N3O/c1-15(10-6-5-9-12(15)16)14-17-13(18-19-14)11-7-3-2-4-8-11/h2-4,7-8,12H,5-6,9-10,16H2,1H3. The Morgan fingerprint density at radius 2 is 2.05 bits per heavy atom. The monoisotopic (exact) mass is 257 g/mol. The minimum absolute atomic E-state index is 0.102. The first-order valence-electron chi connectivity index (χ1n) is 6.85. The molecule has 2 aromatic rings. The number of nitrogens with zero attached hydrogens (tertiary/aromatic N) is 2. The number of benzene rings is 1. The summed E-state index contributed by atoms with van der Waals surface area (Å²) < 4.78 is 5.49. The molecule has 1 aliphatic carbocycles. The highest BCUT2D eigenvalue weighted by Gasteiger charge is 2.40. The van der Waals surface area contributed by atoms with E-state index in [1.54, 1.807) is 0 Å². The van der Waals surface area contributed by atoms with Gasteiger partial charge in [0.1, 0.15) is 0 Å². The fraction of sp³-hybridized carbons (Fsp3) is 0.467. The molecule has 100 valence electrons. The van der Waals surface area contributed by atoms with E-state index in [9.17, 15) is 0 Å². The average molecular weight is 257 g/mol. The Morgan fingerprint density at radius 1 is 1.26 bits per heavy atom. The van der Waals surface area contributed by atoms with Crippen molar-refractivity contribution in [3.8, 4) is 11.4 Å². The van der Waals surface area contributed by atoms with Crippen molar-refractivity contribution in [1.82, 2.24) is 10.1 Å². The van der Waals surface area contributed by atoms with Crippen LogP contribution < -0.4 is 5.73 Å². The summed E-state index contributed by atoms with van der Waals surface area (Å²) in [5.74, 6) is 1.33. The molecule has 4 heteroatoms. The van der Waals surface area contributed by atoms with Crippen LogP contribution >= 0.6 is 0 Å². The first-order chi connectivity index (χ1) is 9.20. The van der Waals surface area contributed by atoms with E-state index in [-0.39, 0.29) is 11.5 Å². The highest BCUT2D eigenvalue weighted by atomic mass is 16.5. The van der Waals surface area contributed by atoms with E-state index in [0.29, 0.717) is 11.7 Å². The van der Waals surface area contributed by atoms with Gasteiger partial charge in [0.25, 0.3) is 0 Å². The Hall–Kier alpha value is -1.68. The second kappa shape index (κ2) is 4.78. The van der Waals surface area contributed by atoms with E-state index in [2.05, 4.69) is 17.1 Å². The van der Waals surface area contributed by atoms with Crippen molar-refractivity contribution in [2.75, 3.05) is 0 Å². The molecule has 3 rings (SSSR count). The molecule has 0 aliphatic heterocycles. The molecule has 0 amide bonds. The molecule has 1 saturated carbocycles. The maximum atomic E-state index is 6.27. The van der Waals surface area contributed by atoms with E-state index in [0.717, 1.165) is 18.4 Å². The highest BCUT2D eigenvalue weighted by molar-refractivity contribution is 5.53. The van der Waals surface area contributed by atoms with Crippen LogP contribution in [0.5, 0.6) is 0 Å². The lowest BCUT2D eigenvalue weighted by Gasteiger charge is -2.35. The molecule has 19 heavy (non-hydrogen) atoms. The number of nitrogens with two attached hydrogens (primary N) is 1. The van der Waals surface area contributed by atoms with Crippen LogP contribution in [0.4, 0.5) is 0 Å². The third kappa shape index (κ3) is 2.16. The maximum absolute atomic E-state index is 6.27. The third-order valence-corrected chi connectivity index (χ3v) is 4.23. The van der Waals surface area contributed by atoms with Crippen molar-refractivity contribution < 1.29 is 4.52 Å². The third-order valence-electron chi connectivity index (χ3n) is 4.23. The van der Waals surface area contributed by atoms with Crippen molar-refractivity contribution in [3.05, 3.63) is 36.2 Å². The second-order valence-corrected chi connectivity index (χ2v) is 5.56. The van der Waals surface area contributed by atoms with E-state index in [4.69, 9.17) is 10.3 Å². The van der Waals surface area contributed by atoms with Crippen LogP contribution in [0.3, 0.4) is 0 Å². The van der Waals surface area contributed by atoms with Gasteiger partial charge in [-0.2, -0.15) is 4.98 Å². The van der Waals surface area contributed by atoms with Gasteiger partial charge >= 0.3 is 0 Å². The summed E-state index contributed by atoms with van der Waals surface area (Å²) >= 11 is 0. The Bertz CT molecular complexity index is 552. The molecular weight excluding hydrogens is 238 g/mol. The minimum Gasteiger partial charge on any atom is -0.338 e. The van der Waals surface area contributed by atoms with Gasteiger partial charge in [0.05, 0.1) is 5.41 Å². The molecule has 1 heterocycles. The molecule has 0 saturated heterocycles. The summed E-state index contributed by atoms with van der Waals surface area (Å²) in [4.78, 5) is 4.57. The van der Waals surface area contributed by atoms with Gasteiger partial charge in [-0.1, -0.05) is 48.3 Å². The molecule has 0 spiro atoms. The fourth-order valence-electron chi connectivity index (χ4n) is 2.79. The first-order valence-corrected chi connectivity index (χ1v) is 6.85. The van der Waals surface area contributed by atoms with Crippen molar-refractivity contribution in [3.63, 3.8) is 0 Å². The lowest BCUT2D eigenvalue weighted by Crippen LogP contribution is -2.45. The van der Waals surface area contributed by atoms with Gasteiger partial charge in [-0.15, -0.1) is 0 Å². The van der Waals surface area contributed by atoms with Gasteiger partial charge in [-0.25, -0.2) is 0 Å². The van der Waals surface area contributed by atoms with Crippen molar-refractivity contribution in [2.24, 2.45) is 5.73 Å². The maximum Gasteiger partial charge on any atom is 0.234 e. The zero-order valence-electron chi connectivity index (χ0n) is 11.2. The molecular formula is C15H19N3O. The molecule has 1 aliphatic rings. The predicted octanol–water partition coefficient (Wildman–Crippen LogP) is 2.90. The predicted molar refractivity (Wildman–Crippen MR) is 73.5 cm³/mol. The minimum atomic E-state index is -0.182. The van der Waals surface area contributed by atoms with Gasteiger partial charge in [-0.05, 0) is 19.8 Å². The Labute approximate surface area is 113 Å². The lowest BCUT2D eigenvalue weighted by molar-refractivity contribution is 0.203. The molecule has 2 unspecified atom stereocenters. The summed E-state index contributed by atoms with van der Waals surface area (Å²) in [6, 6.07) is 9.99. The number of hydrogen-bond donors (Lipinski definition) is 1. The lowest BCUT2D eigenvalue weighted by atomic mass is 9.72. The van der Waals surface area contributed by atoms with Crippen molar-refractivity contribution >= 4 is 0 Å². The number of aromatic nitrogens is 2. The average Bonchev–Trinajstić information content (AvgIpc) is 2.94. The van der Waals surface area contributed by atoms with Crippen molar-refractivity contribution in [1.29, 1.82) is 0 Å². The summed E-state index contributed by atoms with van der Waals surface area (Å²) in [5, 5.41) is 4.10. The van der Waals surface area contributed by atoms with Crippen LogP contribution in [0.25, 0.3) is 11.4 Å². The van der Waals surface area contributed by atoms with Crippen LogP contribution in [-0.2, 0) is 5.41 Å². The summed E-state index contributed by atoms with van der Waals surface area (Å²) in [7, 11) is 0. The zero-order valence-corrected chi connectivity index (χ0v) is 11.2. The normalized spacial score (nSPS) is 27.4. The largest absolute Gasteiger partial charge is 0.338 e. The number of rotatable bonds is 2. The molecule has 1 aromatic heterocycles. The molecule has 4 nitrogen and oxygen atoms in total. The Kier molecular flexibility index (Phi) is 3.11. The SMILES string of the molecule is CC1(c2nc(-c3ccccc3)no2)CCCCC1N. The quantitative estimate of drug-likeness (QED) is 0.898.